The molecule has 2 fully saturated rings. The second kappa shape index (κ2) is 5.80. The largest absolute Gasteiger partial charge is 0.376 e. The van der Waals surface area contributed by atoms with Crippen LogP contribution in [0.3, 0.4) is 0 Å². The summed E-state index contributed by atoms with van der Waals surface area (Å²) in [6, 6.07) is 0.427. The van der Waals surface area contributed by atoms with Crippen LogP contribution in [0.2, 0.25) is 0 Å². The summed E-state index contributed by atoms with van der Waals surface area (Å²) in [7, 11) is 0. The van der Waals surface area contributed by atoms with E-state index in [-0.39, 0.29) is 6.10 Å². The molecule has 0 aliphatic carbocycles. The van der Waals surface area contributed by atoms with E-state index in [0.29, 0.717) is 25.1 Å². The maximum absolute atomic E-state index is 11.6. The number of ether oxygens (including phenoxy) is 1. The standard InChI is InChI=1S/C12H23N3O2/c1-2-17-11(7-13)9-14-5-6-15-10(8-14)3-4-12(15)16/h10-11H,2-9,13H2,1H3. The highest BCUT2D eigenvalue weighted by molar-refractivity contribution is 5.78. The number of piperazine rings is 1. The van der Waals surface area contributed by atoms with Crippen LogP contribution in [0.25, 0.3) is 0 Å². The van der Waals surface area contributed by atoms with Gasteiger partial charge >= 0.3 is 0 Å². The lowest BCUT2D eigenvalue weighted by Gasteiger charge is -2.38. The first-order chi connectivity index (χ1) is 8.24. The van der Waals surface area contributed by atoms with E-state index in [1.807, 2.05) is 11.8 Å². The highest BCUT2D eigenvalue weighted by Gasteiger charge is 2.35. The minimum atomic E-state index is 0.128. The fourth-order valence-corrected chi connectivity index (χ4v) is 2.81. The van der Waals surface area contributed by atoms with Crippen molar-refractivity contribution < 1.29 is 9.53 Å². The van der Waals surface area contributed by atoms with Crippen molar-refractivity contribution in [2.75, 3.05) is 39.3 Å². The predicted molar refractivity (Wildman–Crippen MR) is 65.6 cm³/mol. The summed E-state index contributed by atoms with van der Waals surface area (Å²) in [4.78, 5) is 16.0. The normalized spacial score (nSPS) is 27.3. The number of nitrogens with two attached hydrogens (primary N) is 1. The average Bonchev–Trinajstić information content (AvgIpc) is 2.70. The lowest BCUT2D eigenvalue weighted by Crippen LogP contribution is -2.53. The summed E-state index contributed by atoms with van der Waals surface area (Å²) < 4.78 is 5.58. The van der Waals surface area contributed by atoms with E-state index >= 15 is 0 Å². The van der Waals surface area contributed by atoms with Gasteiger partial charge in [0.05, 0.1) is 6.10 Å². The molecule has 0 aromatic carbocycles. The molecule has 0 aromatic rings. The highest BCUT2D eigenvalue weighted by atomic mass is 16.5. The van der Waals surface area contributed by atoms with Gasteiger partial charge in [-0.25, -0.2) is 0 Å². The number of carbonyl (C=O) groups excluding carboxylic acids is 1. The van der Waals surface area contributed by atoms with E-state index in [1.165, 1.54) is 0 Å². The molecule has 2 N–H and O–H groups in total. The fraction of sp³-hybridized carbons (Fsp3) is 0.917. The lowest BCUT2D eigenvalue weighted by molar-refractivity contribution is -0.130. The third-order valence-electron chi connectivity index (χ3n) is 3.71. The van der Waals surface area contributed by atoms with E-state index in [0.717, 1.165) is 39.0 Å². The van der Waals surface area contributed by atoms with Crippen LogP contribution in [0.1, 0.15) is 19.8 Å². The van der Waals surface area contributed by atoms with Crippen LogP contribution in [0.15, 0.2) is 0 Å². The monoisotopic (exact) mass is 241 g/mol. The molecule has 1 amide bonds. The van der Waals surface area contributed by atoms with Gasteiger partial charge in [0, 0.05) is 51.8 Å². The summed E-state index contributed by atoms with van der Waals surface area (Å²) in [6.45, 7) is 6.97. The number of carbonyl (C=O) groups is 1. The minimum absolute atomic E-state index is 0.128. The Kier molecular flexibility index (Phi) is 4.36. The Labute approximate surface area is 103 Å². The second-order valence-electron chi connectivity index (χ2n) is 4.85. The Balaban J connectivity index is 1.82. The van der Waals surface area contributed by atoms with Crippen LogP contribution >= 0.6 is 0 Å². The summed E-state index contributed by atoms with van der Waals surface area (Å²) in [5.41, 5.74) is 5.69. The zero-order valence-corrected chi connectivity index (χ0v) is 10.6. The second-order valence-corrected chi connectivity index (χ2v) is 4.85. The molecule has 17 heavy (non-hydrogen) atoms. The van der Waals surface area contributed by atoms with Gasteiger partial charge in [0.2, 0.25) is 5.91 Å². The first-order valence-corrected chi connectivity index (χ1v) is 6.58. The number of hydrogen-bond donors (Lipinski definition) is 1. The highest BCUT2D eigenvalue weighted by Crippen LogP contribution is 2.22. The molecule has 2 aliphatic heterocycles. The maximum Gasteiger partial charge on any atom is 0.222 e. The van der Waals surface area contributed by atoms with Crippen LogP contribution in [0.5, 0.6) is 0 Å². The molecule has 2 atom stereocenters. The quantitative estimate of drug-likeness (QED) is 0.715. The minimum Gasteiger partial charge on any atom is -0.376 e. The van der Waals surface area contributed by atoms with Gasteiger partial charge in [0.1, 0.15) is 0 Å². The molecule has 98 valence electrons. The van der Waals surface area contributed by atoms with E-state index < -0.39 is 0 Å². The molecular weight excluding hydrogens is 218 g/mol. The van der Waals surface area contributed by atoms with E-state index in [9.17, 15) is 4.79 Å². The molecule has 2 saturated heterocycles. The third-order valence-corrected chi connectivity index (χ3v) is 3.71. The zero-order chi connectivity index (χ0) is 12.3. The first kappa shape index (κ1) is 12.8. The molecule has 0 bridgehead atoms. The molecule has 0 saturated carbocycles. The average molecular weight is 241 g/mol. The summed E-state index contributed by atoms with van der Waals surface area (Å²) in [6.07, 6.45) is 1.87. The lowest BCUT2D eigenvalue weighted by atomic mass is 10.1. The van der Waals surface area contributed by atoms with Crippen molar-refractivity contribution in [3.63, 3.8) is 0 Å². The molecule has 2 unspecified atom stereocenters. The summed E-state index contributed by atoms with van der Waals surface area (Å²) in [5.74, 6) is 0.329. The number of hydrogen-bond acceptors (Lipinski definition) is 4. The summed E-state index contributed by atoms with van der Waals surface area (Å²) in [5, 5.41) is 0. The molecular formula is C12H23N3O2. The van der Waals surface area contributed by atoms with Crippen LogP contribution in [-0.2, 0) is 9.53 Å². The maximum atomic E-state index is 11.6. The number of rotatable bonds is 5. The zero-order valence-electron chi connectivity index (χ0n) is 10.6. The molecule has 5 nitrogen and oxygen atoms in total. The number of fused-ring (bicyclic) bond motifs is 1. The SMILES string of the molecule is CCOC(CN)CN1CCN2C(=O)CCC2C1. The van der Waals surface area contributed by atoms with Crippen molar-refractivity contribution in [1.82, 2.24) is 9.80 Å². The number of nitrogens with zero attached hydrogens (tertiary/aromatic N) is 2. The van der Waals surface area contributed by atoms with Crippen molar-refractivity contribution in [1.29, 1.82) is 0 Å². The Morgan fingerprint density at radius 1 is 1.53 bits per heavy atom. The molecule has 2 heterocycles. The fourth-order valence-electron chi connectivity index (χ4n) is 2.81. The van der Waals surface area contributed by atoms with Gasteiger partial charge in [-0.3, -0.25) is 9.69 Å². The van der Waals surface area contributed by atoms with Crippen LogP contribution in [-0.4, -0.2) is 67.2 Å². The van der Waals surface area contributed by atoms with Crippen LogP contribution in [0, 0.1) is 0 Å². The topological polar surface area (TPSA) is 58.8 Å². The van der Waals surface area contributed by atoms with Gasteiger partial charge < -0.3 is 15.4 Å². The van der Waals surface area contributed by atoms with Crippen LogP contribution < -0.4 is 5.73 Å². The van der Waals surface area contributed by atoms with E-state index in [1.54, 1.807) is 0 Å². The van der Waals surface area contributed by atoms with E-state index in [4.69, 9.17) is 10.5 Å². The molecule has 0 radical (unpaired) electrons. The Morgan fingerprint density at radius 2 is 2.35 bits per heavy atom. The Hall–Kier alpha value is -0.650. The Morgan fingerprint density at radius 3 is 3.06 bits per heavy atom. The third kappa shape index (κ3) is 2.97. The van der Waals surface area contributed by atoms with Crippen molar-refractivity contribution in [3.8, 4) is 0 Å². The molecule has 2 aliphatic rings. The molecule has 0 spiro atoms. The molecule has 0 aromatic heterocycles. The Bertz CT molecular complexity index is 272. The van der Waals surface area contributed by atoms with Gasteiger partial charge in [0.25, 0.3) is 0 Å². The van der Waals surface area contributed by atoms with Crippen molar-refractivity contribution in [2.45, 2.75) is 31.9 Å². The smallest absolute Gasteiger partial charge is 0.222 e. The number of amides is 1. The van der Waals surface area contributed by atoms with Gasteiger partial charge in [-0.05, 0) is 13.3 Å². The van der Waals surface area contributed by atoms with Gasteiger partial charge in [-0.15, -0.1) is 0 Å². The predicted octanol–water partition coefficient (Wildman–Crippen LogP) is -0.343. The van der Waals surface area contributed by atoms with Crippen molar-refractivity contribution in [2.24, 2.45) is 5.73 Å². The summed E-state index contributed by atoms with van der Waals surface area (Å²) >= 11 is 0. The first-order valence-electron chi connectivity index (χ1n) is 6.58. The van der Waals surface area contributed by atoms with Gasteiger partial charge in [0.15, 0.2) is 0 Å². The van der Waals surface area contributed by atoms with E-state index in [2.05, 4.69) is 4.90 Å². The molecule has 5 heteroatoms. The van der Waals surface area contributed by atoms with Gasteiger partial charge in [-0.2, -0.15) is 0 Å². The van der Waals surface area contributed by atoms with Crippen molar-refractivity contribution >= 4 is 5.91 Å². The van der Waals surface area contributed by atoms with Crippen LogP contribution in [0.4, 0.5) is 0 Å². The molecule has 2 rings (SSSR count). The van der Waals surface area contributed by atoms with Gasteiger partial charge in [-0.1, -0.05) is 0 Å². The van der Waals surface area contributed by atoms with Crippen molar-refractivity contribution in [3.05, 3.63) is 0 Å².